The molecule has 0 aromatic carbocycles. The third-order valence-electron chi connectivity index (χ3n) is 1.87. The van der Waals surface area contributed by atoms with E-state index in [-0.39, 0.29) is 17.9 Å². The van der Waals surface area contributed by atoms with Crippen LogP contribution in [0.15, 0.2) is 0 Å². The van der Waals surface area contributed by atoms with Crippen molar-refractivity contribution in [1.82, 2.24) is 4.90 Å². The van der Waals surface area contributed by atoms with Crippen LogP contribution in [-0.2, 0) is 9.53 Å². The van der Waals surface area contributed by atoms with Crippen molar-refractivity contribution in [3.05, 3.63) is 0 Å². The molecule has 0 heterocycles. The van der Waals surface area contributed by atoms with Gasteiger partial charge in [-0.05, 0) is 13.3 Å². The van der Waals surface area contributed by atoms with Gasteiger partial charge in [-0.3, -0.25) is 4.79 Å². The van der Waals surface area contributed by atoms with E-state index in [9.17, 15) is 4.79 Å². The van der Waals surface area contributed by atoms with Gasteiger partial charge in [0.05, 0.1) is 12.0 Å². The molecule has 0 bridgehead atoms. The second-order valence-electron chi connectivity index (χ2n) is 3.07. The van der Waals surface area contributed by atoms with E-state index in [4.69, 9.17) is 4.74 Å². The summed E-state index contributed by atoms with van der Waals surface area (Å²) in [5.74, 6) is 0.341. The summed E-state index contributed by atoms with van der Waals surface area (Å²) in [5.41, 5.74) is 0. The average molecular weight is 157 g/mol. The van der Waals surface area contributed by atoms with Gasteiger partial charge in [-0.25, -0.2) is 0 Å². The predicted octanol–water partition coefficient (Wildman–Crippen LogP) is 0.500. The van der Waals surface area contributed by atoms with Crippen molar-refractivity contribution in [2.75, 3.05) is 20.7 Å². The van der Waals surface area contributed by atoms with Gasteiger partial charge in [0.15, 0.2) is 0 Å². The molecule has 0 aromatic heterocycles. The van der Waals surface area contributed by atoms with E-state index >= 15 is 0 Å². The maximum atomic E-state index is 11.2. The summed E-state index contributed by atoms with van der Waals surface area (Å²) in [6.07, 6.45) is 1.11. The van der Waals surface area contributed by atoms with Gasteiger partial charge in [0, 0.05) is 20.7 Å². The lowest BCUT2D eigenvalue weighted by atomic mass is 10.4. The highest BCUT2D eigenvalue weighted by atomic mass is 16.5. The number of rotatable bonds is 3. The van der Waals surface area contributed by atoms with Gasteiger partial charge >= 0.3 is 0 Å². The van der Waals surface area contributed by atoms with Gasteiger partial charge in [-0.15, -0.1) is 0 Å². The molecular weight excluding hydrogens is 142 g/mol. The predicted molar refractivity (Wildman–Crippen MR) is 42.2 cm³/mol. The standard InChI is InChI=1S/C8H15NO2/c1-4-11-7-5-6(7)8(10)9(2)3/h6-7H,4-5H2,1-3H3/t6-,7-/m1/s1. The van der Waals surface area contributed by atoms with Crippen LogP contribution in [0.2, 0.25) is 0 Å². The molecule has 0 saturated heterocycles. The fourth-order valence-corrected chi connectivity index (χ4v) is 1.16. The zero-order chi connectivity index (χ0) is 8.43. The quantitative estimate of drug-likeness (QED) is 0.597. The number of ether oxygens (including phenoxy) is 1. The van der Waals surface area contributed by atoms with E-state index in [1.807, 2.05) is 6.92 Å². The lowest BCUT2D eigenvalue weighted by molar-refractivity contribution is -0.131. The Morgan fingerprint density at radius 3 is 2.73 bits per heavy atom. The van der Waals surface area contributed by atoms with E-state index < -0.39 is 0 Å². The molecule has 3 nitrogen and oxygen atoms in total. The lowest BCUT2D eigenvalue weighted by Crippen LogP contribution is -2.24. The zero-order valence-corrected chi connectivity index (χ0v) is 7.33. The van der Waals surface area contributed by atoms with Crippen LogP contribution in [0.5, 0.6) is 0 Å². The fraction of sp³-hybridized carbons (Fsp3) is 0.875. The number of amides is 1. The Balaban J connectivity index is 2.26. The largest absolute Gasteiger partial charge is 0.378 e. The van der Waals surface area contributed by atoms with E-state index in [0.29, 0.717) is 6.61 Å². The van der Waals surface area contributed by atoms with Crippen LogP contribution >= 0.6 is 0 Å². The van der Waals surface area contributed by atoms with Gasteiger partial charge in [0.25, 0.3) is 0 Å². The molecule has 1 aliphatic carbocycles. The fourth-order valence-electron chi connectivity index (χ4n) is 1.16. The minimum Gasteiger partial charge on any atom is -0.378 e. The smallest absolute Gasteiger partial charge is 0.227 e. The first-order chi connectivity index (χ1) is 5.16. The zero-order valence-electron chi connectivity index (χ0n) is 7.33. The van der Waals surface area contributed by atoms with Crippen molar-refractivity contribution in [3.8, 4) is 0 Å². The van der Waals surface area contributed by atoms with Gasteiger partial charge in [0.2, 0.25) is 5.91 Å². The first-order valence-electron chi connectivity index (χ1n) is 3.99. The van der Waals surface area contributed by atoms with Gasteiger partial charge in [-0.1, -0.05) is 0 Å². The first kappa shape index (κ1) is 8.53. The molecule has 64 valence electrons. The van der Waals surface area contributed by atoms with Crippen molar-refractivity contribution in [2.45, 2.75) is 19.4 Å². The molecule has 2 atom stereocenters. The van der Waals surface area contributed by atoms with E-state index in [1.165, 1.54) is 0 Å². The Morgan fingerprint density at radius 2 is 2.27 bits per heavy atom. The van der Waals surface area contributed by atoms with Crippen molar-refractivity contribution in [1.29, 1.82) is 0 Å². The Morgan fingerprint density at radius 1 is 1.64 bits per heavy atom. The summed E-state index contributed by atoms with van der Waals surface area (Å²) in [5, 5.41) is 0. The van der Waals surface area contributed by atoms with E-state index in [1.54, 1.807) is 19.0 Å². The summed E-state index contributed by atoms with van der Waals surface area (Å²) in [4.78, 5) is 12.9. The lowest BCUT2D eigenvalue weighted by Gasteiger charge is -2.08. The van der Waals surface area contributed by atoms with Crippen molar-refractivity contribution in [3.63, 3.8) is 0 Å². The van der Waals surface area contributed by atoms with Crippen molar-refractivity contribution in [2.24, 2.45) is 5.92 Å². The summed E-state index contributed by atoms with van der Waals surface area (Å²) in [7, 11) is 3.56. The molecule has 1 fully saturated rings. The molecular formula is C8H15NO2. The SMILES string of the molecule is CCO[C@@H]1C[C@H]1C(=O)N(C)C. The monoisotopic (exact) mass is 157 g/mol. The molecule has 1 saturated carbocycles. The molecule has 0 aromatic rings. The summed E-state index contributed by atoms with van der Waals surface area (Å²) in [6.45, 7) is 2.66. The maximum Gasteiger partial charge on any atom is 0.227 e. The third-order valence-corrected chi connectivity index (χ3v) is 1.87. The number of hydrogen-bond acceptors (Lipinski definition) is 2. The maximum absolute atomic E-state index is 11.2. The minimum absolute atomic E-state index is 0.143. The number of carbonyl (C=O) groups excluding carboxylic acids is 1. The van der Waals surface area contributed by atoms with E-state index in [0.717, 1.165) is 6.42 Å². The molecule has 11 heavy (non-hydrogen) atoms. The van der Waals surface area contributed by atoms with Gasteiger partial charge in [-0.2, -0.15) is 0 Å². The van der Waals surface area contributed by atoms with Crippen LogP contribution in [-0.4, -0.2) is 37.6 Å². The van der Waals surface area contributed by atoms with Crippen LogP contribution in [0.3, 0.4) is 0 Å². The van der Waals surface area contributed by atoms with Crippen LogP contribution in [0.4, 0.5) is 0 Å². The third kappa shape index (κ3) is 1.93. The van der Waals surface area contributed by atoms with Crippen LogP contribution in [0, 0.1) is 5.92 Å². The van der Waals surface area contributed by atoms with Crippen molar-refractivity contribution >= 4 is 5.91 Å². The highest BCUT2D eigenvalue weighted by Crippen LogP contribution is 2.34. The van der Waals surface area contributed by atoms with Gasteiger partial charge < -0.3 is 9.64 Å². The topological polar surface area (TPSA) is 29.5 Å². The Bertz CT molecular complexity index is 156. The Kier molecular flexibility index (Phi) is 2.49. The molecule has 0 spiro atoms. The summed E-state index contributed by atoms with van der Waals surface area (Å²) >= 11 is 0. The highest BCUT2D eigenvalue weighted by molar-refractivity contribution is 5.81. The van der Waals surface area contributed by atoms with Crippen molar-refractivity contribution < 1.29 is 9.53 Å². The average Bonchev–Trinajstić information content (AvgIpc) is 2.67. The van der Waals surface area contributed by atoms with Crippen LogP contribution in [0.25, 0.3) is 0 Å². The minimum atomic E-state index is 0.143. The highest BCUT2D eigenvalue weighted by Gasteiger charge is 2.44. The second kappa shape index (κ2) is 3.22. The number of nitrogens with zero attached hydrogens (tertiary/aromatic N) is 1. The van der Waals surface area contributed by atoms with Crippen LogP contribution in [0.1, 0.15) is 13.3 Å². The Labute approximate surface area is 67.3 Å². The first-order valence-corrected chi connectivity index (χ1v) is 3.99. The summed E-state index contributed by atoms with van der Waals surface area (Å²) < 4.78 is 5.29. The summed E-state index contributed by atoms with van der Waals surface area (Å²) in [6, 6.07) is 0. The van der Waals surface area contributed by atoms with Crippen LogP contribution < -0.4 is 0 Å². The molecule has 3 heteroatoms. The van der Waals surface area contributed by atoms with E-state index in [2.05, 4.69) is 0 Å². The normalized spacial score (nSPS) is 28.3. The number of hydrogen-bond donors (Lipinski definition) is 0. The second-order valence-corrected chi connectivity index (χ2v) is 3.07. The molecule has 0 aliphatic heterocycles. The molecule has 0 unspecified atom stereocenters. The molecule has 0 N–H and O–H groups in total. The molecule has 0 radical (unpaired) electrons. The molecule has 1 rings (SSSR count). The molecule has 1 aliphatic rings. The number of carbonyl (C=O) groups is 1. The Hall–Kier alpha value is -0.570. The van der Waals surface area contributed by atoms with Gasteiger partial charge in [0.1, 0.15) is 0 Å². The molecule has 1 amide bonds.